The van der Waals surface area contributed by atoms with Crippen molar-refractivity contribution >= 4 is 35.8 Å². The zero-order valence-electron chi connectivity index (χ0n) is 17.3. The van der Waals surface area contributed by atoms with Gasteiger partial charge >= 0.3 is 0 Å². The number of rotatable bonds is 7. The highest BCUT2D eigenvalue weighted by molar-refractivity contribution is 14.0. The number of amides is 1. The monoisotopic (exact) mass is 506 g/mol. The fourth-order valence-electron chi connectivity index (χ4n) is 3.41. The lowest BCUT2D eigenvalue weighted by atomic mass is 10.1. The van der Waals surface area contributed by atoms with E-state index in [1.807, 2.05) is 11.0 Å². The second-order valence-corrected chi connectivity index (χ2v) is 7.25. The van der Waals surface area contributed by atoms with E-state index in [1.165, 1.54) is 16.7 Å². The Hall–Kier alpha value is -2.09. The van der Waals surface area contributed by atoms with Crippen molar-refractivity contribution < 1.29 is 4.79 Å². The molecule has 1 fully saturated rings. The maximum Gasteiger partial charge on any atom is 0.222 e. The van der Waals surface area contributed by atoms with Gasteiger partial charge in [0, 0.05) is 39.6 Å². The van der Waals surface area contributed by atoms with Crippen LogP contribution in [0.25, 0.3) is 0 Å². The Labute approximate surface area is 191 Å². The molecule has 1 N–H and O–H groups in total. The Bertz CT molecular complexity index is 792. The number of carbonyl (C=O) groups excluding carboxylic acids is 1. The second kappa shape index (κ2) is 11.8. The van der Waals surface area contributed by atoms with Gasteiger partial charge in [0.05, 0.1) is 6.54 Å². The Balaban J connectivity index is 0.00000300. The summed E-state index contributed by atoms with van der Waals surface area (Å²) >= 11 is 0. The Morgan fingerprint density at radius 2 is 1.76 bits per heavy atom. The van der Waals surface area contributed by atoms with Crippen LogP contribution >= 0.6 is 24.0 Å². The van der Waals surface area contributed by atoms with E-state index in [4.69, 9.17) is 4.99 Å². The molecule has 2 aromatic rings. The third-order valence-electron chi connectivity index (χ3n) is 4.94. The van der Waals surface area contributed by atoms with Gasteiger partial charge in [-0.2, -0.15) is 0 Å². The van der Waals surface area contributed by atoms with Crippen LogP contribution in [0.1, 0.15) is 36.5 Å². The van der Waals surface area contributed by atoms with Crippen molar-refractivity contribution in [1.29, 1.82) is 0 Å². The zero-order chi connectivity index (χ0) is 19.8. The predicted molar refractivity (Wildman–Crippen MR) is 129 cm³/mol. The van der Waals surface area contributed by atoms with Crippen molar-refractivity contribution in [2.24, 2.45) is 4.99 Å². The molecule has 1 aliphatic rings. The summed E-state index contributed by atoms with van der Waals surface area (Å²) in [5, 5.41) is 3.37. The maximum absolute atomic E-state index is 11.8. The van der Waals surface area contributed by atoms with E-state index in [2.05, 4.69) is 72.7 Å². The van der Waals surface area contributed by atoms with Gasteiger partial charge in [0.15, 0.2) is 5.96 Å². The fourth-order valence-corrected chi connectivity index (χ4v) is 3.41. The summed E-state index contributed by atoms with van der Waals surface area (Å²) in [6, 6.07) is 18.9. The lowest BCUT2D eigenvalue weighted by molar-refractivity contribution is -0.128. The normalized spacial score (nSPS) is 13.9. The van der Waals surface area contributed by atoms with Gasteiger partial charge in [-0.05, 0) is 30.0 Å². The van der Waals surface area contributed by atoms with Crippen molar-refractivity contribution in [3.05, 3.63) is 71.3 Å². The smallest absolute Gasteiger partial charge is 0.222 e. The number of nitrogens with zero attached hydrogens (tertiary/aromatic N) is 3. The van der Waals surface area contributed by atoms with E-state index in [0.717, 1.165) is 32.0 Å². The fraction of sp³-hybridized carbons (Fsp3) is 0.391. The van der Waals surface area contributed by atoms with Crippen LogP contribution in [-0.4, -0.2) is 41.8 Å². The van der Waals surface area contributed by atoms with Crippen molar-refractivity contribution in [3.8, 4) is 0 Å². The Morgan fingerprint density at radius 1 is 1.07 bits per heavy atom. The minimum atomic E-state index is 0. The molecule has 3 rings (SSSR count). The molecule has 0 unspecified atom stereocenters. The number of halogens is 1. The SMILES string of the molecule is CCNC(=NCc1ccc(CN2CCCC2=O)cc1)N(C)Cc1ccccc1.I. The first-order chi connectivity index (χ1) is 13.7. The highest BCUT2D eigenvalue weighted by Gasteiger charge is 2.19. The van der Waals surface area contributed by atoms with E-state index in [1.54, 1.807) is 0 Å². The topological polar surface area (TPSA) is 47.9 Å². The summed E-state index contributed by atoms with van der Waals surface area (Å²) in [6.07, 6.45) is 1.67. The molecule has 1 amide bonds. The van der Waals surface area contributed by atoms with Crippen molar-refractivity contribution in [2.75, 3.05) is 20.1 Å². The molecule has 0 atom stereocenters. The van der Waals surface area contributed by atoms with Gasteiger partial charge in [0.25, 0.3) is 0 Å². The molecule has 2 aromatic carbocycles. The third-order valence-corrected chi connectivity index (χ3v) is 4.94. The molecule has 0 spiro atoms. The van der Waals surface area contributed by atoms with Gasteiger partial charge in [-0.25, -0.2) is 4.99 Å². The van der Waals surface area contributed by atoms with Crippen LogP contribution in [0.15, 0.2) is 59.6 Å². The standard InChI is InChI=1S/C23H30N4O.HI/c1-3-24-23(26(2)17-20-8-5-4-6-9-20)25-16-19-11-13-21(14-12-19)18-27-15-7-10-22(27)28;/h4-6,8-9,11-14H,3,7,10,15-18H2,1-2H3,(H,24,25);1H. The highest BCUT2D eigenvalue weighted by atomic mass is 127. The van der Waals surface area contributed by atoms with Crippen LogP contribution in [0.2, 0.25) is 0 Å². The first-order valence-electron chi connectivity index (χ1n) is 10.0. The average Bonchev–Trinajstić information content (AvgIpc) is 3.11. The molecular weight excluding hydrogens is 475 g/mol. The Morgan fingerprint density at radius 3 is 2.38 bits per heavy atom. The number of benzene rings is 2. The summed E-state index contributed by atoms with van der Waals surface area (Å²) in [6.45, 7) is 5.95. The van der Waals surface area contributed by atoms with Gasteiger partial charge in [0.1, 0.15) is 0 Å². The zero-order valence-corrected chi connectivity index (χ0v) is 19.6. The number of hydrogen-bond donors (Lipinski definition) is 1. The molecule has 6 heteroatoms. The average molecular weight is 506 g/mol. The summed E-state index contributed by atoms with van der Waals surface area (Å²) in [7, 11) is 2.06. The number of hydrogen-bond acceptors (Lipinski definition) is 2. The summed E-state index contributed by atoms with van der Waals surface area (Å²) in [5.74, 6) is 1.17. The van der Waals surface area contributed by atoms with Crippen LogP contribution in [0, 0.1) is 0 Å². The first-order valence-corrected chi connectivity index (χ1v) is 10.0. The van der Waals surface area contributed by atoms with Gasteiger partial charge in [0.2, 0.25) is 5.91 Å². The maximum atomic E-state index is 11.8. The van der Waals surface area contributed by atoms with Crippen LogP contribution in [-0.2, 0) is 24.4 Å². The lowest BCUT2D eigenvalue weighted by Gasteiger charge is -2.22. The van der Waals surface area contributed by atoms with Crippen molar-refractivity contribution in [2.45, 2.75) is 39.4 Å². The summed E-state index contributed by atoms with van der Waals surface area (Å²) in [4.78, 5) is 20.7. The summed E-state index contributed by atoms with van der Waals surface area (Å²) < 4.78 is 0. The van der Waals surface area contributed by atoms with Gasteiger partial charge in [-0.1, -0.05) is 54.6 Å². The van der Waals surface area contributed by atoms with Gasteiger partial charge in [-0.15, -0.1) is 24.0 Å². The van der Waals surface area contributed by atoms with Crippen LogP contribution in [0.5, 0.6) is 0 Å². The lowest BCUT2D eigenvalue weighted by Crippen LogP contribution is -2.38. The molecule has 0 aromatic heterocycles. The molecule has 0 bridgehead atoms. The highest BCUT2D eigenvalue weighted by Crippen LogP contribution is 2.15. The molecule has 1 aliphatic heterocycles. The van der Waals surface area contributed by atoms with E-state index in [-0.39, 0.29) is 29.9 Å². The molecule has 0 aliphatic carbocycles. The number of nitrogens with one attached hydrogen (secondary N) is 1. The molecule has 0 radical (unpaired) electrons. The molecule has 5 nitrogen and oxygen atoms in total. The number of aliphatic imine (C=N–C) groups is 1. The van der Waals surface area contributed by atoms with Crippen LogP contribution in [0.4, 0.5) is 0 Å². The molecular formula is C23H31IN4O. The molecule has 1 heterocycles. The van der Waals surface area contributed by atoms with Crippen molar-refractivity contribution in [3.63, 3.8) is 0 Å². The van der Waals surface area contributed by atoms with Crippen LogP contribution in [0.3, 0.4) is 0 Å². The Kier molecular flexibility index (Phi) is 9.44. The van der Waals surface area contributed by atoms with Gasteiger partial charge < -0.3 is 15.1 Å². The summed E-state index contributed by atoms with van der Waals surface area (Å²) in [5.41, 5.74) is 3.60. The van der Waals surface area contributed by atoms with E-state index < -0.39 is 0 Å². The second-order valence-electron chi connectivity index (χ2n) is 7.25. The quantitative estimate of drug-likeness (QED) is 0.351. The predicted octanol–water partition coefficient (Wildman–Crippen LogP) is 4.02. The largest absolute Gasteiger partial charge is 0.357 e. The first kappa shape index (κ1) is 23.2. The molecule has 1 saturated heterocycles. The van der Waals surface area contributed by atoms with Gasteiger partial charge in [-0.3, -0.25) is 4.79 Å². The van der Waals surface area contributed by atoms with E-state index >= 15 is 0 Å². The number of likely N-dealkylation sites (tertiary alicyclic amines) is 1. The van der Waals surface area contributed by atoms with E-state index in [9.17, 15) is 4.79 Å². The van der Waals surface area contributed by atoms with Crippen molar-refractivity contribution in [1.82, 2.24) is 15.1 Å². The van der Waals surface area contributed by atoms with E-state index in [0.29, 0.717) is 19.5 Å². The third kappa shape index (κ3) is 7.03. The molecule has 156 valence electrons. The minimum Gasteiger partial charge on any atom is -0.357 e. The minimum absolute atomic E-state index is 0. The number of carbonyl (C=O) groups is 1. The van der Waals surface area contributed by atoms with Crippen LogP contribution < -0.4 is 5.32 Å². The number of guanidine groups is 1. The molecule has 29 heavy (non-hydrogen) atoms. The molecule has 0 saturated carbocycles.